The molecule has 0 fully saturated rings. The van der Waals surface area contributed by atoms with Crippen LogP contribution in [0.25, 0.3) is 10.9 Å². The molecule has 2 amide bonds. The van der Waals surface area contributed by atoms with Crippen molar-refractivity contribution in [3.8, 4) is 0 Å². The van der Waals surface area contributed by atoms with Gasteiger partial charge in [-0.05, 0) is 23.3 Å². The number of para-hydroxylation sites is 1. The van der Waals surface area contributed by atoms with Crippen molar-refractivity contribution in [1.29, 1.82) is 0 Å². The molecule has 0 saturated heterocycles. The molecule has 11 nitrogen and oxygen atoms in total. The van der Waals surface area contributed by atoms with Crippen LogP contribution in [-0.2, 0) is 20.8 Å². The van der Waals surface area contributed by atoms with E-state index in [1.54, 1.807) is 42.6 Å². The molecule has 1 heterocycles. The minimum Gasteiger partial charge on any atom is -0.387 e. The molecule has 2 aromatic carbocycles. The first kappa shape index (κ1) is 29.8. The van der Waals surface area contributed by atoms with Gasteiger partial charge in [0.1, 0.15) is 18.2 Å². The zero-order valence-electron chi connectivity index (χ0n) is 21.6. The number of nitrogens with one attached hydrogen (secondary N) is 1. The summed E-state index contributed by atoms with van der Waals surface area (Å²) >= 11 is 0. The summed E-state index contributed by atoms with van der Waals surface area (Å²) in [6.07, 6.45) is -2.13. The number of aromatic nitrogens is 1. The molecule has 9 N–H and O–H groups in total. The lowest BCUT2D eigenvalue weighted by molar-refractivity contribution is -0.136. The summed E-state index contributed by atoms with van der Waals surface area (Å²) < 4.78 is 0. The average molecular weight is 537 g/mol. The molecule has 0 aliphatic rings. The number of nitrogens with two attached hydrogens (primary N) is 3. The lowest BCUT2D eigenvalue weighted by Crippen LogP contribution is -2.56. The largest absolute Gasteiger partial charge is 0.387 e. The number of Topliss-reactive ketones (excluding diaryl/α,β-unsaturated/α-hetero) is 1. The van der Waals surface area contributed by atoms with E-state index in [-0.39, 0.29) is 39.0 Å². The number of aliphatic hydroxyl groups excluding tert-OH is 2. The van der Waals surface area contributed by atoms with Crippen LogP contribution in [0.3, 0.4) is 0 Å². The molecule has 2 unspecified atom stereocenters. The van der Waals surface area contributed by atoms with Gasteiger partial charge in [-0.1, -0.05) is 48.5 Å². The fourth-order valence-electron chi connectivity index (χ4n) is 4.25. The van der Waals surface area contributed by atoms with Crippen LogP contribution in [-0.4, -0.2) is 82.1 Å². The Balaban J connectivity index is 1.79. The number of rotatable bonds is 14. The predicted molar refractivity (Wildman–Crippen MR) is 147 cm³/mol. The van der Waals surface area contributed by atoms with E-state index < -0.39 is 41.9 Å². The van der Waals surface area contributed by atoms with Crippen molar-refractivity contribution < 1.29 is 24.6 Å². The van der Waals surface area contributed by atoms with Crippen LogP contribution in [0.5, 0.6) is 0 Å². The number of ketones is 1. The number of benzene rings is 2. The maximum atomic E-state index is 13.4. The summed E-state index contributed by atoms with van der Waals surface area (Å²) in [5, 5.41) is 25.2. The molecule has 1 aromatic heterocycles. The van der Waals surface area contributed by atoms with Gasteiger partial charge in [0.15, 0.2) is 5.78 Å². The van der Waals surface area contributed by atoms with E-state index in [1.165, 1.54) is 4.90 Å². The van der Waals surface area contributed by atoms with Crippen LogP contribution in [0.1, 0.15) is 23.7 Å². The van der Waals surface area contributed by atoms with E-state index in [1.807, 2.05) is 24.3 Å². The molecular weight excluding hydrogens is 500 g/mol. The van der Waals surface area contributed by atoms with Gasteiger partial charge in [-0.15, -0.1) is 0 Å². The lowest BCUT2D eigenvalue weighted by Gasteiger charge is -2.28. The molecule has 0 bridgehead atoms. The molecule has 208 valence electrons. The monoisotopic (exact) mass is 536 g/mol. The van der Waals surface area contributed by atoms with Crippen LogP contribution >= 0.6 is 0 Å². The second-order valence-corrected chi connectivity index (χ2v) is 9.28. The summed E-state index contributed by atoms with van der Waals surface area (Å²) in [5.74, 6) is -1.80. The minimum atomic E-state index is -1.69. The van der Waals surface area contributed by atoms with Gasteiger partial charge in [-0.2, -0.15) is 0 Å². The van der Waals surface area contributed by atoms with Gasteiger partial charge in [-0.25, -0.2) is 0 Å². The van der Waals surface area contributed by atoms with E-state index in [0.29, 0.717) is 11.1 Å². The van der Waals surface area contributed by atoms with E-state index in [0.717, 1.165) is 10.9 Å². The molecule has 11 heteroatoms. The fourth-order valence-corrected chi connectivity index (χ4v) is 4.25. The molecule has 0 aliphatic carbocycles. The van der Waals surface area contributed by atoms with Crippen molar-refractivity contribution in [3.05, 3.63) is 78.0 Å². The van der Waals surface area contributed by atoms with E-state index in [2.05, 4.69) is 10.3 Å². The molecule has 4 atom stereocenters. The average Bonchev–Trinajstić information content (AvgIpc) is 2.95. The fraction of sp³-hybridized carbons (Fsp3) is 0.357. The third kappa shape index (κ3) is 8.12. The predicted octanol–water partition coefficient (Wildman–Crippen LogP) is -0.611. The van der Waals surface area contributed by atoms with E-state index in [9.17, 15) is 24.6 Å². The van der Waals surface area contributed by atoms with Crippen molar-refractivity contribution in [1.82, 2.24) is 15.2 Å². The van der Waals surface area contributed by atoms with Crippen molar-refractivity contribution in [2.45, 2.75) is 37.1 Å². The number of fused-ring (bicyclic) bond motifs is 1. The van der Waals surface area contributed by atoms with Crippen LogP contribution in [0.2, 0.25) is 0 Å². The number of amides is 2. The summed E-state index contributed by atoms with van der Waals surface area (Å²) in [6, 6.07) is 14.7. The Kier molecular flexibility index (Phi) is 11.0. The number of hydrogen-bond acceptors (Lipinski definition) is 9. The number of aliphatic hydroxyl groups is 2. The summed E-state index contributed by atoms with van der Waals surface area (Å²) in [5.41, 5.74) is 18.8. The first-order valence-corrected chi connectivity index (χ1v) is 12.8. The van der Waals surface area contributed by atoms with Crippen molar-refractivity contribution in [2.75, 3.05) is 26.2 Å². The number of pyridine rings is 1. The summed E-state index contributed by atoms with van der Waals surface area (Å²) in [6.45, 7) is 0.953. The van der Waals surface area contributed by atoms with Gasteiger partial charge >= 0.3 is 0 Å². The van der Waals surface area contributed by atoms with Crippen LogP contribution in [0.4, 0.5) is 0 Å². The molecule has 0 radical (unpaired) electrons. The van der Waals surface area contributed by atoms with Crippen molar-refractivity contribution >= 4 is 28.5 Å². The molecular formula is C28H36N6O5. The first-order valence-electron chi connectivity index (χ1n) is 12.8. The Morgan fingerprint density at radius 3 is 2.26 bits per heavy atom. The normalized spacial score (nSPS) is 14.3. The maximum absolute atomic E-state index is 13.4. The Hall–Kier alpha value is -3.74. The van der Waals surface area contributed by atoms with Gasteiger partial charge in [0.25, 0.3) is 0 Å². The third-order valence-electron chi connectivity index (χ3n) is 6.36. The second-order valence-electron chi connectivity index (χ2n) is 9.28. The first-order chi connectivity index (χ1) is 18.7. The number of nitrogens with zero attached hydrogens (tertiary/aromatic N) is 2. The Bertz CT molecular complexity index is 1250. The third-order valence-corrected chi connectivity index (χ3v) is 6.36. The summed E-state index contributed by atoms with van der Waals surface area (Å²) in [7, 11) is 0. The highest BCUT2D eigenvalue weighted by Gasteiger charge is 2.35. The van der Waals surface area contributed by atoms with Gasteiger partial charge in [0, 0.05) is 44.2 Å². The zero-order chi connectivity index (χ0) is 28.4. The highest BCUT2D eigenvalue weighted by Crippen LogP contribution is 2.21. The maximum Gasteiger partial charge on any atom is 0.238 e. The van der Waals surface area contributed by atoms with Crippen LogP contribution < -0.4 is 22.5 Å². The van der Waals surface area contributed by atoms with Crippen LogP contribution in [0.15, 0.2) is 66.9 Å². The van der Waals surface area contributed by atoms with Gasteiger partial charge < -0.3 is 37.6 Å². The Morgan fingerprint density at radius 1 is 0.949 bits per heavy atom. The van der Waals surface area contributed by atoms with Crippen molar-refractivity contribution in [3.63, 3.8) is 0 Å². The van der Waals surface area contributed by atoms with Gasteiger partial charge in [-0.3, -0.25) is 19.4 Å². The number of carbonyl (C=O) groups excluding carboxylic acids is 3. The molecule has 0 aliphatic heterocycles. The highest BCUT2D eigenvalue weighted by atomic mass is 16.3. The highest BCUT2D eigenvalue weighted by molar-refractivity contribution is 5.94. The standard InChI is InChI=1S/C28H36N6O5/c29-10-12-34(13-11-30)24(36)16-21(31)28(39)33-25(27(38)26(37)19-6-2-1-3-7-19)23(35)15-18-14-20-8-4-5-9-22(20)32-17-18/h1-9,14,17,21,25-27,37-38H,10-13,15-16,29-31H2,(H,33,39)/t21-,25+,26?,27?/m0/s1. The van der Waals surface area contributed by atoms with Gasteiger partial charge in [0.2, 0.25) is 11.8 Å². The molecule has 3 aromatic rings. The van der Waals surface area contributed by atoms with Gasteiger partial charge in [0.05, 0.1) is 18.0 Å². The summed E-state index contributed by atoms with van der Waals surface area (Å²) in [4.78, 5) is 44.8. The molecule has 39 heavy (non-hydrogen) atoms. The quantitative estimate of drug-likeness (QED) is 0.156. The Labute approximate surface area is 227 Å². The van der Waals surface area contributed by atoms with E-state index in [4.69, 9.17) is 17.2 Å². The second kappa shape index (κ2) is 14.4. The number of carbonyl (C=O) groups is 3. The van der Waals surface area contributed by atoms with Crippen molar-refractivity contribution in [2.24, 2.45) is 17.2 Å². The minimum absolute atomic E-state index is 0.170. The molecule has 0 spiro atoms. The Morgan fingerprint density at radius 2 is 1.59 bits per heavy atom. The van der Waals surface area contributed by atoms with E-state index >= 15 is 0 Å². The number of hydrogen-bond donors (Lipinski definition) is 6. The topological polar surface area (TPSA) is 198 Å². The SMILES string of the molecule is NCCN(CCN)C(=O)C[C@H](N)C(=O)N[C@H](C(=O)Cc1cnc2ccccc2c1)C(O)C(O)c1ccccc1. The molecule has 3 rings (SSSR count). The van der Waals surface area contributed by atoms with Crippen LogP contribution in [0, 0.1) is 0 Å². The zero-order valence-corrected chi connectivity index (χ0v) is 21.6. The lowest BCUT2D eigenvalue weighted by atomic mass is 9.93. The smallest absolute Gasteiger partial charge is 0.238 e. The molecule has 0 saturated carbocycles.